The summed E-state index contributed by atoms with van der Waals surface area (Å²) >= 11 is 0. The fourth-order valence-corrected chi connectivity index (χ4v) is 2.69. The minimum Gasteiger partial charge on any atom is -0.497 e. The predicted molar refractivity (Wildman–Crippen MR) is 97.9 cm³/mol. The zero-order valence-electron chi connectivity index (χ0n) is 14.7. The summed E-state index contributed by atoms with van der Waals surface area (Å²) in [5.74, 6) is 0.900. The quantitative estimate of drug-likeness (QED) is 0.776. The third kappa shape index (κ3) is 4.57. The highest BCUT2D eigenvalue weighted by Crippen LogP contribution is 2.31. The molecular formula is C20H28N2O. The summed E-state index contributed by atoms with van der Waals surface area (Å²) in [5.41, 5.74) is 6.44. The minimum absolute atomic E-state index is 0.868. The molecule has 0 atom stereocenters. The van der Waals surface area contributed by atoms with E-state index >= 15 is 0 Å². The molecule has 0 saturated carbocycles. The average molecular weight is 312 g/mol. The maximum atomic E-state index is 5.44. The van der Waals surface area contributed by atoms with Crippen LogP contribution < -0.4 is 15.4 Å². The van der Waals surface area contributed by atoms with E-state index in [9.17, 15) is 0 Å². The van der Waals surface area contributed by atoms with Gasteiger partial charge in [-0.2, -0.15) is 0 Å². The van der Waals surface area contributed by atoms with Crippen LogP contribution in [0.4, 0.5) is 0 Å². The Balaban J connectivity index is 2.45. The lowest BCUT2D eigenvalue weighted by atomic mass is 9.94. The maximum absolute atomic E-state index is 5.44. The summed E-state index contributed by atoms with van der Waals surface area (Å²) in [5, 5.41) is 6.82. The van der Waals surface area contributed by atoms with Gasteiger partial charge in [0, 0.05) is 13.1 Å². The van der Waals surface area contributed by atoms with E-state index in [0.717, 1.165) is 31.9 Å². The Labute approximate surface area is 140 Å². The monoisotopic (exact) mass is 312 g/mol. The first-order valence-corrected chi connectivity index (χ1v) is 8.37. The van der Waals surface area contributed by atoms with E-state index < -0.39 is 0 Å². The topological polar surface area (TPSA) is 33.3 Å². The van der Waals surface area contributed by atoms with Crippen molar-refractivity contribution < 1.29 is 4.74 Å². The molecule has 0 amide bonds. The molecule has 3 heteroatoms. The zero-order chi connectivity index (χ0) is 16.7. The van der Waals surface area contributed by atoms with Crippen molar-refractivity contribution in [1.29, 1.82) is 0 Å². The van der Waals surface area contributed by atoms with Crippen LogP contribution in [-0.2, 0) is 13.1 Å². The van der Waals surface area contributed by atoms with Crippen molar-refractivity contribution in [2.24, 2.45) is 0 Å². The van der Waals surface area contributed by atoms with E-state index in [0.29, 0.717) is 0 Å². The molecule has 2 rings (SSSR count). The Morgan fingerprint density at radius 3 is 2.30 bits per heavy atom. The lowest BCUT2D eigenvalue weighted by Crippen LogP contribution is -2.13. The molecule has 2 N–H and O–H groups in total. The fourth-order valence-electron chi connectivity index (χ4n) is 2.69. The average Bonchev–Trinajstić information content (AvgIpc) is 2.59. The Morgan fingerprint density at radius 2 is 1.61 bits per heavy atom. The molecule has 0 aliphatic rings. The first-order valence-electron chi connectivity index (χ1n) is 8.37. The highest BCUT2D eigenvalue weighted by molar-refractivity contribution is 5.72. The van der Waals surface area contributed by atoms with Gasteiger partial charge in [-0.25, -0.2) is 0 Å². The molecule has 0 aromatic heterocycles. The molecule has 0 fully saturated rings. The van der Waals surface area contributed by atoms with Gasteiger partial charge in [0.05, 0.1) is 7.11 Å². The number of nitrogens with one attached hydrogen (secondary N) is 2. The van der Waals surface area contributed by atoms with Gasteiger partial charge < -0.3 is 15.4 Å². The highest BCUT2D eigenvalue weighted by Gasteiger charge is 2.10. The van der Waals surface area contributed by atoms with Crippen LogP contribution in [-0.4, -0.2) is 20.2 Å². The number of hydrogen-bond acceptors (Lipinski definition) is 3. The van der Waals surface area contributed by atoms with Gasteiger partial charge in [0.15, 0.2) is 0 Å². The van der Waals surface area contributed by atoms with Gasteiger partial charge in [-0.05, 0) is 66.0 Å². The molecule has 3 nitrogen and oxygen atoms in total. The number of rotatable bonds is 8. The number of hydrogen-bond donors (Lipinski definition) is 2. The summed E-state index contributed by atoms with van der Waals surface area (Å²) in [6, 6.07) is 13.0. The first kappa shape index (κ1) is 17.5. The maximum Gasteiger partial charge on any atom is 0.119 e. The van der Waals surface area contributed by atoms with Gasteiger partial charge in [0.2, 0.25) is 0 Å². The van der Waals surface area contributed by atoms with E-state index in [1.807, 2.05) is 6.07 Å². The molecule has 0 unspecified atom stereocenters. The van der Waals surface area contributed by atoms with Crippen LogP contribution in [0.1, 0.15) is 30.5 Å². The number of benzene rings is 2. The van der Waals surface area contributed by atoms with Crippen LogP contribution in [0.2, 0.25) is 0 Å². The third-order valence-corrected chi connectivity index (χ3v) is 4.05. The number of ether oxygens (including phenoxy) is 1. The van der Waals surface area contributed by atoms with Crippen molar-refractivity contribution in [3.63, 3.8) is 0 Å². The molecule has 0 spiro atoms. The molecule has 124 valence electrons. The molecular weight excluding hydrogens is 284 g/mol. The minimum atomic E-state index is 0.868. The second-order valence-electron chi connectivity index (χ2n) is 5.73. The largest absolute Gasteiger partial charge is 0.497 e. The molecule has 2 aromatic rings. The highest BCUT2D eigenvalue weighted by atomic mass is 16.5. The Hall–Kier alpha value is -1.84. The molecule has 0 saturated heterocycles. The van der Waals surface area contributed by atoms with Crippen LogP contribution in [0, 0.1) is 6.92 Å². The summed E-state index contributed by atoms with van der Waals surface area (Å²) in [4.78, 5) is 0. The predicted octanol–water partition coefficient (Wildman–Crippen LogP) is 3.89. The molecule has 0 heterocycles. The van der Waals surface area contributed by atoms with Crippen molar-refractivity contribution >= 4 is 0 Å². The molecule has 2 aromatic carbocycles. The normalized spacial score (nSPS) is 10.8. The van der Waals surface area contributed by atoms with Crippen LogP contribution in [0.25, 0.3) is 11.1 Å². The molecule has 23 heavy (non-hydrogen) atoms. The van der Waals surface area contributed by atoms with Crippen LogP contribution >= 0.6 is 0 Å². The third-order valence-electron chi connectivity index (χ3n) is 4.05. The van der Waals surface area contributed by atoms with E-state index in [2.05, 4.69) is 61.7 Å². The Kier molecular flexibility index (Phi) is 6.63. The Morgan fingerprint density at radius 1 is 0.870 bits per heavy atom. The van der Waals surface area contributed by atoms with E-state index in [-0.39, 0.29) is 0 Å². The van der Waals surface area contributed by atoms with Crippen LogP contribution in [0.3, 0.4) is 0 Å². The molecule has 0 aliphatic carbocycles. The van der Waals surface area contributed by atoms with Crippen molar-refractivity contribution in [2.45, 2.75) is 33.9 Å². The molecule has 0 aliphatic heterocycles. The van der Waals surface area contributed by atoms with Crippen molar-refractivity contribution in [3.05, 3.63) is 53.1 Å². The summed E-state index contributed by atoms with van der Waals surface area (Å²) in [7, 11) is 1.72. The van der Waals surface area contributed by atoms with Crippen molar-refractivity contribution in [2.75, 3.05) is 20.2 Å². The summed E-state index contributed by atoms with van der Waals surface area (Å²) in [6.45, 7) is 10.1. The standard InChI is InChI=1S/C20H28N2O/c1-5-21-13-16-8-7-15(3)19(11-16)20-12-18(23-4)10-9-17(20)14-22-6-2/h7-12,21-22H,5-6,13-14H2,1-4H3. The van der Waals surface area contributed by atoms with Gasteiger partial charge in [-0.3, -0.25) is 0 Å². The van der Waals surface area contributed by atoms with Crippen molar-refractivity contribution in [3.8, 4) is 16.9 Å². The summed E-state index contributed by atoms with van der Waals surface area (Å²) < 4.78 is 5.44. The van der Waals surface area contributed by atoms with Crippen LogP contribution in [0.5, 0.6) is 5.75 Å². The van der Waals surface area contributed by atoms with Crippen LogP contribution in [0.15, 0.2) is 36.4 Å². The smallest absolute Gasteiger partial charge is 0.119 e. The lowest BCUT2D eigenvalue weighted by molar-refractivity contribution is 0.415. The van der Waals surface area contributed by atoms with Gasteiger partial charge in [-0.1, -0.05) is 32.0 Å². The van der Waals surface area contributed by atoms with Gasteiger partial charge in [0.1, 0.15) is 5.75 Å². The first-order chi connectivity index (χ1) is 11.2. The SMILES string of the molecule is CCNCc1ccc(C)c(-c2cc(OC)ccc2CNCC)c1. The van der Waals surface area contributed by atoms with Crippen molar-refractivity contribution in [1.82, 2.24) is 10.6 Å². The van der Waals surface area contributed by atoms with Gasteiger partial charge in [0.25, 0.3) is 0 Å². The molecule has 0 bridgehead atoms. The van der Waals surface area contributed by atoms with Gasteiger partial charge in [-0.15, -0.1) is 0 Å². The second-order valence-corrected chi connectivity index (χ2v) is 5.73. The Bertz CT molecular complexity index is 638. The lowest BCUT2D eigenvalue weighted by Gasteiger charge is -2.15. The van der Waals surface area contributed by atoms with E-state index in [1.54, 1.807) is 7.11 Å². The van der Waals surface area contributed by atoms with E-state index in [1.165, 1.54) is 27.8 Å². The second kappa shape index (κ2) is 8.70. The fraction of sp³-hybridized carbons (Fsp3) is 0.400. The number of methoxy groups -OCH3 is 1. The number of aryl methyl sites for hydroxylation is 1. The van der Waals surface area contributed by atoms with Gasteiger partial charge >= 0.3 is 0 Å². The zero-order valence-corrected chi connectivity index (χ0v) is 14.7. The van der Waals surface area contributed by atoms with E-state index in [4.69, 9.17) is 4.74 Å². The summed E-state index contributed by atoms with van der Waals surface area (Å²) in [6.07, 6.45) is 0. The molecule has 0 radical (unpaired) electrons.